The Bertz CT molecular complexity index is 904. The van der Waals surface area contributed by atoms with Crippen molar-refractivity contribution >= 4 is 23.1 Å². The Balaban J connectivity index is 1.63. The molecule has 1 unspecified atom stereocenters. The Morgan fingerprint density at radius 2 is 1.97 bits per heavy atom. The van der Waals surface area contributed by atoms with Crippen LogP contribution in [0.5, 0.6) is 0 Å². The number of aliphatic hydroxyl groups is 1. The van der Waals surface area contributed by atoms with Gasteiger partial charge in [0.2, 0.25) is 5.91 Å². The van der Waals surface area contributed by atoms with Gasteiger partial charge >= 0.3 is 0 Å². The number of anilines is 3. The Labute approximate surface area is 178 Å². The summed E-state index contributed by atoms with van der Waals surface area (Å²) in [4.78, 5) is 20.0. The largest absolute Gasteiger partial charge is 0.389 e. The molecule has 4 rings (SSSR count). The lowest BCUT2D eigenvalue weighted by molar-refractivity contribution is -0.124. The molecule has 1 fully saturated rings. The number of ether oxygens (including phenoxy) is 1. The van der Waals surface area contributed by atoms with E-state index in [2.05, 4.69) is 24.1 Å². The zero-order valence-electron chi connectivity index (χ0n) is 18.0. The zero-order valence-corrected chi connectivity index (χ0v) is 18.0. The molecule has 1 saturated carbocycles. The van der Waals surface area contributed by atoms with Crippen molar-refractivity contribution in [2.24, 2.45) is 5.92 Å². The molecular weight excluding hydrogens is 378 g/mol. The monoisotopic (exact) mass is 409 g/mol. The van der Waals surface area contributed by atoms with Crippen LogP contribution in [0.4, 0.5) is 17.2 Å². The maximum atomic E-state index is 13.7. The molecule has 1 aromatic heterocycles. The van der Waals surface area contributed by atoms with Crippen molar-refractivity contribution in [3.63, 3.8) is 0 Å². The van der Waals surface area contributed by atoms with Crippen LogP contribution in [-0.2, 0) is 16.1 Å². The second-order valence-corrected chi connectivity index (χ2v) is 8.67. The van der Waals surface area contributed by atoms with Gasteiger partial charge in [0, 0.05) is 17.7 Å². The molecule has 6 heteroatoms. The molecule has 1 aliphatic carbocycles. The third-order valence-corrected chi connectivity index (χ3v) is 6.02. The highest BCUT2D eigenvalue weighted by atomic mass is 16.5. The van der Waals surface area contributed by atoms with Gasteiger partial charge in [-0.1, -0.05) is 12.1 Å². The molecule has 2 aromatic rings. The number of rotatable bonds is 4. The van der Waals surface area contributed by atoms with Gasteiger partial charge in [-0.25, -0.2) is 4.98 Å². The first-order valence-electron chi connectivity index (χ1n) is 10.9. The molecule has 1 amide bonds. The van der Waals surface area contributed by atoms with Gasteiger partial charge in [-0.2, -0.15) is 0 Å². The average Bonchev–Trinajstić information content (AvgIpc) is 2.89. The van der Waals surface area contributed by atoms with Gasteiger partial charge in [-0.15, -0.1) is 0 Å². The van der Waals surface area contributed by atoms with E-state index in [1.54, 1.807) is 13.1 Å². The molecule has 2 heterocycles. The van der Waals surface area contributed by atoms with E-state index >= 15 is 0 Å². The van der Waals surface area contributed by atoms with Gasteiger partial charge in [-0.3, -0.25) is 4.79 Å². The summed E-state index contributed by atoms with van der Waals surface area (Å²) in [6, 6.07) is 9.64. The smallest absolute Gasteiger partial charge is 0.230 e. The first kappa shape index (κ1) is 20.8. The van der Waals surface area contributed by atoms with Crippen molar-refractivity contribution < 1.29 is 14.6 Å². The fraction of sp³-hybridized carbons (Fsp3) is 0.500. The van der Waals surface area contributed by atoms with Gasteiger partial charge < -0.3 is 20.1 Å². The van der Waals surface area contributed by atoms with Crippen LogP contribution in [0.1, 0.15) is 63.7 Å². The normalized spacial score (nSPS) is 22.0. The summed E-state index contributed by atoms with van der Waals surface area (Å²) >= 11 is 0. The highest BCUT2D eigenvalue weighted by molar-refractivity contribution is 5.99. The minimum absolute atomic E-state index is 0.0155. The number of benzene rings is 1. The minimum atomic E-state index is -0.598. The Kier molecular flexibility index (Phi) is 6.06. The van der Waals surface area contributed by atoms with E-state index in [0.717, 1.165) is 54.0 Å². The molecule has 2 aliphatic rings. The molecular formula is C24H31N3O3. The standard InChI is InChI=1S/C24H31N3O3/c1-15(2)30-20-9-6-17(7-10-20)24(29)27-14-19-5-4-12-25-23(19)26-21-11-8-18(16(3)28)13-22(21)27/h4-5,8,11-13,15-17,20,28H,6-7,9-10,14H2,1-3H3,(H,25,26). The van der Waals surface area contributed by atoms with E-state index < -0.39 is 6.10 Å². The van der Waals surface area contributed by atoms with Crippen LogP contribution >= 0.6 is 0 Å². The van der Waals surface area contributed by atoms with Gasteiger partial charge in [0.25, 0.3) is 0 Å². The van der Waals surface area contributed by atoms with Gasteiger partial charge in [-0.05, 0) is 70.2 Å². The second kappa shape index (κ2) is 8.74. The highest BCUT2D eigenvalue weighted by Crippen LogP contribution is 2.39. The van der Waals surface area contributed by atoms with E-state index in [4.69, 9.17) is 4.74 Å². The summed E-state index contributed by atoms with van der Waals surface area (Å²) in [5.41, 5.74) is 3.41. The number of carbonyl (C=O) groups excluding carboxylic acids is 1. The number of amides is 1. The fourth-order valence-corrected chi connectivity index (χ4v) is 4.45. The van der Waals surface area contributed by atoms with Crippen molar-refractivity contribution in [1.29, 1.82) is 0 Å². The van der Waals surface area contributed by atoms with Crippen molar-refractivity contribution in [2.75, 3.05) is 10.2 Å². The first-order chi connectivity index (χ1) is 14.4. The Morgan fingerprint density at radius 1 is 1.20 bits per heavy atom. The van der Waals surface area contributed by atoms with Gasteiger partial charge in [0.15, 0.2) is 0 Å². The molecule has 2 N–H and O–H groups in total. The van der Waals surface area contributed by atoms with Crippen LogP contribution in [0, 0.1) is 5.92 Å². The minimum Gasteiger partial charge on any atom is -0.389 e. The number of aromatic nitrogens is 1. The molecule has 0 radical (unpaired) electrons. The van der Waals surface area contributed by atoms with Gasteiger partial charge in [0.1, 0.15) is 5.82 Å². The molecule has 1 aromatic carbocycles. The number of nitrogens with zero attached hydrogens (tertiary/aromatic N) is 2. The summed E-state index contributed by atoms with van der Waals surface area (Å²) < 4.78 is 5.96. The molecule has 30 heavy (non-hydrogen) atoms. The number of nitrogens with one attached hydrogen (secondary N) is 1. The van der Waals surface area contributed by atoms with E-state index in [0.29, 0.717) is 6.54 Å². The predicted octanol–water partition coefficient (Wildman–Crippen LogP) is 4.71. The van der Waals surface area contributed by atoms with E-state index in [1.807, 2.05) is 35.2 Å². The molecule has 160 valence electrons. The summed E-state index contributed by atoms with van der Waals surface area (Å²) in [5.74, 6) is 0.895. The summed E-state index contributed by atoms with van der Waals surface area (Å²) in [5, 5.41) is 13.5. The molecule has 1 aliphatic heterocycles. The first-order valence-corrected chi connectivity index (χ1v) is 10.9. The molecule has 0 spiro atoms. The van der Waals surface area contributed by atoms with Crippen molar-refractivity contribution in [3.8, 4) is 0 Å². The highest BCUT2D eigenvalue weighted by Gasteiger charge is 2.33. The van der Waals surface area contributed by atoms with Crippen LogP contribution in [-0.4, -0.2) is 28.2 Å². The number of pyridine rings is 1. The van der Waals surface area contributed by atoms with E-state index in [-0.39, 0.29) is 24.0 Å². The molecule has 0 bridgehead atoms. The number of aliphatic hydroxyl groups excluding tert-OH is 1. The average molecular weight is 410 g/mol. The Hall–Kier alpha value is -2.44. The zero-order chi connectivity index (χ0) is 21.3. The topological polar surface area (TPSA) is 74.7 Å². The van der Waals surface area contributed by atoms with Crippen LogP contribution < -0.4 is 10.2 Å². The number of hydrogen-bond donors (Lipinski definition) is 2. The Morgan fingerprint density at radius 3 is 2.67 bits per heavy atom. The van der Waals surface area contributed by atoms with Crippen molar-refractivity contribution in [3.05, 3.63) is 47.7 Å². The van der Waals surface area contributed by atoms with Crippen LogP contribution in [0.25, 0.3) is 0 Å². The number of carbonyl (C=O) groups is 1. The maximum absolute atomic E-state index is 13.7. The lowest BCUT2D eigenvalue weighted by Crippen LogP contribution is -2.38. The lowest BCUT2D eigenvalue weighted by atomic mass is 9.86. The third kappa shape index (κ3) is 4.35. The molecule has 0 saturated heterocycles. The molecule has 6 nitrogen and oxygen atoms in total. The van der Waals surface area contributed by atoms with Crippen molar-refractivity contribution in [1.82, 2.24) is 4.98 Å². The molecule has 1 atom stereocenters. The van der Waals surface area contributed by atoms with Crippen molar-refractivity contribution in [2.45, 2.75) is 71.3 Å². The third-order valence-electron chi connectivity index (χ3n) is 6.02. The lowest BCUT2D eigenvalue weighted by Gasteiger charge is -2.33. The van der Waals surface area contributed by atoms with Crippen LogP contribution in [0.15, 0.2) is 36.5 Å². The maximum Gasteiger partial charge on any atom is 0.230 e. The van der Waals surface area contributed by atoms with Gasteiger partial charge in [0.05, 0.1) is 36.2 Å². The number of fused-ring (bicyclic) bond motifs is 2. The fourth-order valence-electron chi connectivity index (χ4n) is 4.45. The van der Waals surface area contributed by atoms with E-state index in [9.17, 15) is 9.90 Å². The second-order valence-electron chi connectivity index (χ2n) is 8.67. The quantitative estimate of drug-likeness (QED) is 0.765. The summed E-state index contributed by atoms with van der Waals surface area (Å²) in [6.45, 7) is 6.32. The summed E-state index contributed by atoms with van der Waals surface area (Å²) in [6.07, 6.45) is 5.13. The summed E-state index contributed by atoms with van der Waals surface area (Å²) in [7, 11) is 0. The SMILES string of the molecule is CC(C)OC1CCC(C(=O)N2Cc3cccnc3Nc3ccc(C(C)O)cc32)CC1. The van der Waals surface area contributed by atoms with Crippen LogP contribution in [0.2, 0.25) is 0 Å². The van der Waals surface area contributed by atoms with Crippen LogP contribution in [0.3, 0.4) is 0 Å². The predicted molar refractivity (Wildman–Crippen MR) is 118 cm³/mol. The number of hydrogen-bond acceptors (Lipinski definition) is 5. The van der Waals surface area contributed by atoms with E-state index in [1.165, 1.54) is 0 Å².